The van der Waals surface area contributed by atoms with Gasteiger partial charge in [-0.2, -0.15) is 0 Å². The van der Waals surface area contributed by atoms with Gasteiger partial charge in [-0.3, -0.25) is 0 Å². The molecular weight excluding hydrogens is 128 g/mol. The molecule has 0 radical (unpaired) electrons. The van der Waals surface area contributed by atoms with Gasteiger partial charge in [0.1, 0.15) is 0 Å². The Labute approximate surface area is 61.5 Å². The molecule has 0 saturated heterocycles. The number of hydrogen-bond acceptors (Lipinski definition) is 2. The average molecular weight is 142 g/mol. The predicted octanol–water partition coefficient (Wildman–Crippen LogP) is 1.10. The number of methoxy groups -OCH3 is 1. The summed E-state index contributed by atoms with van der Waals surface area (Å²) in [6, 6.07) is 0. The smallest absolute Gasteiger partial charge is 0.0642 e. The second kappa shape index (κ2) is 3.74. The summed E-state index contributed by atoms with van der Waals surface area (Å²) in [5, 5.41) is 8.78. The summed E-state index contributed by atoms with van der Waals surface area (Å²) in [5.74, 6) is 0. The fourth-order valence-electron chi connectivity index (χ4n) is 1.28. The van der Waals surface area contributed by atoms with Crippen LogP contribution in [0.25, 0.3) is 0 Å². The Hall–Kier alpha value is -0.340. The van der Waals surface area contributed by atoms with Crippen LogP contribution in [0.1, 0.15) is 19.3 Å². The summed E-state index contributed by atoms with van der Waals surface area (Å²) >= 11 is 0. The van der Waals surface area contributed by atoms with Crippen molar-refractivity contribution >= 4 is 0 Å². The van der Waals surface area contributed by atoms with Crippen LogP contribution in [0, 0.1) is 0 Å². The highest BCUT2D eigenvalue weighted by Gasteiger charge is 2.13. The molecule has 0 fully saturated rings. The standard InChI is InChI=1S/C8H14O2/c1-10-8-4-2-3-7(5-8)6-9/h3,8-9H,2,4-6H2,1H3. The molecule has 0 aromatic heterocycles. The van der Waals surface area contributed by atoms with E-state index in [0.29, 0.717) is 6.10 Å². The van der Waals surface area contributed by atoms with Crippen molar-refractivity contribution in [1.82, 2.24) is 0 Å². The molecule has 0 aromatic rings. The van der Waals surface area contributed by atoms with Crippen LogP contribution in [0.4, 0.5) is 0 Å². The quantitative estimate of drug-likeness (QED) is 0.585. The van der Waals surface area contributed by atoms with Crippen LogP contribution in [0.15, 0.2) is 11.6 Å². The zero-order chi connectivity index (χ0) is 7.40. The van der Waals surface area contributed by atoms with Gasteiger partial charge in [0.15, 0.2) is 0 Å². The van der Waals surface area contributed by atoms with Crippen molar-refractivity contribution < 1.29 is 9.84 Å². The molecule has 1 N–H and O–H groups in total. The van der Waals surface area contributed by atoms with Crippen LogP contribution in [-0.4, -0.2) is 24.9 Å². The van der Waals surface area contributed by atoms with E-state index in [9.17, 15) is 0 Å². The highest BCUT2D eigenvalue weighted by Crippen LogP contribution is 2.19. The Morgan fingerprint density at radius 1 is 1.80 bits per heavy atom. The normalized spacial score (nSPS) is 26.2. The minimum absolute atomic E-state index is 0.194. The van der Waals surface area contributed by atoms with Gasteiger partial charge in [-0.05, 0) is 24.8 Å². The molecule has 0 aliphatic heterocycles. The van der Waals surface area contributed by atoms with Crippen LogP contribution in [0.5, 0.6) is 0 Å². The van der Waals surface area contributed by atoms with E-state index < -0.39 is 0 Å². The van der Waals surface area contributed by atoms with Crippen molar-refractivity contribution in [3.05, 3.63) is 11.6 Å². The van der Waals surface area contributed by atoms with E-state index in [1.165, 1.54) is 0 Å². The first-order chi connectivity index (χ1) is 4.86. The molecule has 1 unspecified atom stereocenters. The predicted molar refractivity (Wildman–Crippen MR) is 39.8 cm³/mol. The molecule has 2 nitrogen and oxygen atoms in total. The third-order valence-electron chi connectivity index (χ3n) is 1.95. The van der Waals surface area contributed by atoms with E-state index in [1.54, 1.807) is 7.11 Å². The lowest BCUT2D eigenvalue weighted by Gasteiger charge is -2.19. The van der Waals surface area contributed by atoms with Gasteiger partial charge >= 0.3 is 0 Å². The van der Waals surface area contributed by atoms with E-state index in [-0.39, 0.29) is 6.61 Å². The first-order valence-corrected chi connectivity index (χ1v) is 3.68. The van der Waals surface area contributed by atoms with Gasteiger partial charge in [0.05, 0.1) is 12.7 Å². The molecule has 0 saturated carbocycles. The highest BCUT2D eigenvalue weighted by atomic mass is 16.5. The topological polar surface area (TPSA) is 29.5 Å². The minimum atomic E-state index is 0.194. The number of rotatable bonds is 2. The van der Waals surface area contributed by atoms with Crippen LogP contribution >= 0.6 is 0 Å². The van der Waals surface area contributed by atoms with Crippen molar-refractivity contribution in [2.75, 3.05) is 13.7 Å². The van der Waals surface area contributed by atoms with Gasteiger partial charge in [-0.1, -0.05) is 6.08 Å². The Morgan fingerprint density at radius 3 is 3.20 bits per heavy atom. The third kappa shape index (κ3) is 1.82. The monoisotopic (exact) mass is 142 g/mol. The highest BCUT2D eigenvalue weighted by molar-refractivity contribution is 5.07. The Balaban J connectivity index is 2.40. The molecule has 1 rings (SSSR count). The van der Waals surface area contributed by atoms with Gasteiger partial charge in [0, 0.05) is 7.11 Å². The van der Waals surface area contributed by atoms with Crippen LogP contribution < -0.4 is 0 Å². The summed E-state index contributed by atoms with van der Waals surface area (Å²) in [6.45, 7) is 0.194. The first kappa shape index (κ1) is 7.76. The third-order valence-corrected chi connectivity index (χ3v) is 1.95. The summed E-state index contributed by atoms with van der Waals surface area (Å²) < 4.78 is 5.17. The molecule has 2 heteroatoms. The number of aliphatic hydroxyl groups is 1. The van der Waals surface area contributed by atoms with Crippen LogP contribution in [0.2, 0.25) is 0 Å². The average Bonchev–Trinajstić information content (AvgIpc) is 2.05. The number of aliphatic hydroxyl groups excluding tert-OH is 1. The number of hydrogen-bond donors (Lipinski definition) is 1. The minimum Gasteiger partial charge on any atom is -0.392 e. The van der Waals surface area contributed by atoms with Crippen molar-refractivity contribution in [3.63, 3.8) is 0 Å². The molecule has 1 aliphatic carbocycles. The maximum Gasteiger partial charge on any atom is 0.0642 e. The molecular formula is C8H14O2. The fourth-order valence-corrected chi connectivity index (χ4v) is 1.28. The van der Waals surface area contributed by atoms with E-state index >= 15 is 0 Å². The second-order valence-corrected chi connectivity index (χ2v) is 2.66. The molecule has 0 heterocycles. The largest absolute Gasteiger partial charge is 0.392 e. The lowest BCUT2D eigenvalue weighted by molar-refractivity contribution is 0.0893. The van der Waals surface area contributed by atoms with Crippen molar-refractivity contribution in [1.29, 1.82) is 0 Å². The summed E-state index contributed by atoms with van der Waals surface area (Å²) in [5.41, 5.74) is 1.12. The first-order valence-electron chi connectivity index (χ1n) is 3.68. The van der Waals surface area contributed by atoms with Crippen molar-refractivity contribution in [2.45, 2.75) is 25.4 Å². The maximum atomic E-state index is 8.78. The summed E-state index contributed by atoms with van der Waals surface area (Å²) in [4.78, 5) is 0. The molecule has 0 bridgehead atoms. The number of ether oxygens (including phenoxy) is 1. The number of allylic oxidation sites excluding steroid dienone is 1. The summed E-state index contributed by atoms with van der Waals surface area (Å²) in [7, 11) is 1.73. The molecule has 0 aromatic carbocycles. The molecule has 1 aliphatic rings. The van der Waals surface area contributed by atoms with Gasteiger partial charge < -0.3 is 9.84 Å². The van der Waals surface area contributed by atoms with Crippen molar-refractivity contribution in [3.8, 4) is 0 Å². The molecule has 10 heavy (non-hydrogen) atoms. The lowest BCUT2D eigenvalue weighted by Crippen LogP contribution is -2.15. The van der Waals surface area contributed by atoms with Crippen LogP contribution in [-0.2, 0) is 4.74 Å². The van der Waals surface area contributed by atoms with E-state index in [2.05, 4.69) is 6.08 Å². The van der Waals surface area contributed by atoms with Gasteiger partial charge in [0.25, 0.3) is 0 Å². The SMILES string of the molecule is COC1CCC=C(CO)C1. The zero-order valence-electron chi connectivity index (χ0n) is 6.34. The van der Waals surface area contributed by atoms with Gasteiger partial charge in [0.2, 0.25) is 0 Å². The second-order valence-electron chi connectivity index (χ2n) is 2.66. The van der Waals surface area contributed by atoms with E-state index in [1.807, 2.05) is 0 Å². The molecule has 1 atom stereocenters. The summed E-state index contributed by atoms with van der Waals surface area (Å²) in [6.07, 6.45) is 5.50. The Kier molecular flexibility index (Phi) is 2.90. The zero-order valence-corrected chi connectivity index (χ0v) is 6.34. The molecule has 0 amide bonds. The van der Waals surface area contributed by atoms with Gasteiger partial charge in [-0.15, -0.1) is 0 Å². The van der Waals surface area contributed by atoms with Crippen molar-refractivity contribution in [2.24, 2.45) is 0 Å². The molecule has 0 spiro atoms. The Bertz CT molecular complexity index is 129. The molecule has 58 valence electrons. The Morgan fingerprint density at radius 2 is 2.60 bits per heavy atom. The van der Waals surface area contributed by atoms with Gasteiger partial charge in [-0.25, -0.2) is 0 Å². The van der Waals surface area contributed by atoms with E-state index in [0.717, 1.165) is 24.8 Å². The van der Waals surface area contributed by atoms with Crippen LogP contribution in [0.3, 0.4) is 0 Å². The maximum absolute atomic E-state index is 8.78. The fraction of sp³-hybridized carbons (Fsp3) is 0.750. The lowest BCUT2D eigenvalue weighted by atomic mass is 9.97. The van der Waals surface area contributed by atoms with E-state index in [4.69, 9.17) is 9.84 Å².